The van der Waals surface area contributed by atoms with Crippen molar-refractivity contribution in [2.75, 3.05) is 13.2 Å². The highest BCUT2D eigenvalue weighted by atomic mass is 16.7. The molecule has 0 saturated carbocycles. The van der Waals surface area contributed by atoms with Gasteiger partial charge in [-0.3, -0.25) is 4.79 Å². The average Bonchev–Trinajstić information content (AvgIpc) is 2.83. The van der Waals surface area contributed by atoms with Crippen LogP contribution >= 0.6 is 0 Å². The molecule has 3 heterocycles. The summed E-state index contributed by atoms with van der Waals surface area (Å²) in [7, 11) is 0. The number of carbonyl (C=O) groups is 1. The van der Waals surface area contributed by atoms with E-state index in [9.17, 15) is 50.8 Å². The Morgan fingerprint density at radius 3 is 2.00 bits per heavy atom. The molecule has 15 atom stereocenters. The lowest BCUT2D eigenvalue weighted by Gasteiger charge is -2.47. The summed E-state index contributed by atoms with van der Waals surface area (Å²) in [5, 5.41) is 93.3. The van der Waals surface area contributed by atoms with Crippen LogP contribution in [0.5, 0.6) is 0 Å². The van der Waals surface area contributed by atoms with Gasteiger partial charge in [0, 0.05) is 6.92 Å². The molecule has 3 fully saturated rings. The summed E-state index contributed by atoms with van der Waals surface area (Å²) in [6.07, 6.45) is -21.6. The lowest BCUT2D eigenvalue weighted by molar-refractivity contribution is -0.347. The number of hydrogen-bond acceptors (Lipinski definition) is 15. The SMILES string of the molecule is CC(=O)N[C@@H]1[C@@H](O[C@@H]2O[C@H](CO)[C@H](O)[C@H](O)[C@H]2O)[C@H](O)[C@@H](CO[C@@H]2O[C@@H](C)[C@@H](O)[C@@H](O)[C@@H]2O)O[C@H]1O. The zero-order chi connectivity index (χ0) is 26.9. The van der Waals surface area contributed by atoms with Gasteiger partial charge in [-0.1, -0.05) is 0 Å². The van der Waals surface area contributed by atoms with E-state index >= 15 is 0 Å². The number of aliphatic hydroxyl groups is 9. The number of nitrogens with one attached hydrogen (secondary N) is 1. The molecule has 0 bridgehead atoms. The fourth-order valence-corrected chi connectivity index (χ4v) is 4.30. The Morgan fingerprint density at radius 2 is 1.39 bits per heavy atom. The van der Waals surface area contributed by atoms with E-state index in [1.165, 1.54) is 6.92 Å². The van der Waals surface area contributed by atoms with Crippen molar-refractivity contribution in [3.63, 3.8) is 0 Å². The van der Waals surface area contributed by atoms with Crippen LogP contribution in [0.25, 0.3) is 0 Å². The minimum absolute atomic E-state index is 0.531. The maximum atomic E-state index is 11.7. The Kier molecular flexibility index (Phi) is 9.97. The van der Waals surface area contributed by atoms with E-state index in [4.69, 9.17) is 23.7 Å². The highest BCUT2D eigenvalue weighted by Gasteiger charge is 2.51. The van der Waals surface area contributed by atoms with Crippen LogP contribution in [0.1, 0.15) is 13.8 Å². The van der Waals surface area contributed by atoms with E-state index in [0.29, 0.717) is 0 Å². The summed E-state index contributed by atoms with van der Waals surface area (Å²) in [5.41, 5.74) is 0. The van der Waals surface area contributed by atoms with Crippen LogP contribution in [0.2, 0.25) is 0 Å². The molecule has 3 aliphatic heterocycles. The Balaban J connectivity index is 1.74. The minimum Gasteiger partial charge on any atom is -0.394 e. The first kappa shape index (κ1) is 29.5. The Bertz CT molecular complexity index is 729. The van der Waals surface area contributed by atoms with E-state index in [-0.39, 0.29) is 0 Å². The van der Waals surface area contributed by atoms with E-state index < -0.39 is 111 Å². The zero-order valence-electron chi connectivity index (χ0n) is 19.5. The molecule has 3 saturated heterocycles. The first-order valence-electron chi connectivity index (χ1n) is 11.4. The summed E-state index contributed by atoms with van der Waals surface area (Å²) in [5.74, 6) is -0.632. The number of aliphatic hydroxyl groups excluding tert-OH is 9. The van der Waals surface area contributed by atoms with Crippen molar-refractivity contribution in [1.29, 1.82) is 0 Å². The highest BCUT2D eigenvalue weighted by molar-refractivity contribution is 5.73. The molecule has 1 amide bonds. The summed E-state index contributed by atoms with van der Waals surface area (Å²) in [6.45, 7) is 1.30. The van der Waals surface area contributed by atoms with E-state index in [1.807, 2.05) is 0 Å². The smallest absolute Gasteiger partial charge is 0.217 e. The fraction of sp³-hybridized carbons (Fsp3) is 0.950. The molecule has 16 heteroatoms. The second kappa shape index (κ2) is 12.2. The summed E-state index contributed by atoms with van der Waals surface area (Å²) in [4.78, 5) is 11.7. The Labute approximate surface area is 205 Å². The molecule has 3 rings (SSSR count). The van der Waals surface area contributed by atoms with Crippen molar-refractivity contribution < 1.29 is 74.4 Å². The molecule has 0 spiro atoms. The summed E-state index contributed by atoms with van der Waals surface area (Å²) < 4.78 is 27.0. The third-order valence-corrected chi connectivity index (χ3v) is 6.44. The van der Waals surface area contributed by atoms with Gasteiger partial charge in [0.2, 0.25) is 5.91 Å². The molecule has 210 valence electrons. The van der Waals surface area contributed by atoms with Gasteiger partial charge in [-0.25, -0.2) is 0 Å². The van der Waals surface area contributed by atoms with Crippen LogP contribution in [0.4, 0.5) is 0 Å². The Hall–Kier alpha value is -1.09. The molecule has 0 aromatic rings. The normalized spacial score (nSPS) is 50.0. The minimum atomic E-state index is -1.83. The van der Waals surface area contributed by atoms with Gasteiger partial charge in [0.05, 0.1) is 19.3 Å². The number of carbonyl (C=O) groups excluding carboxylic acids is 1. The molecule has 0 radical (unpaired) electrons. The van der Waals surface area contributed by atoms with E-state index in [0.717, 1.165) is 6.92 Å². The third kappa shape index (κ3) is 6.13. The molecule has 0 aliphatic carbocycles. The van der Waals surface area contributed by atoms with Gasteiger partial charge in [-0.05, 0) is 6.92 Å². The van der Waals surface area contributed by atoms with Gasteiger partial charge in [-0.2, -0.15) is 0 Å². The van der Waals surface area contributed by atoms with Crippen LogP contribution in [0.3, 0.4) is 0 Å². The van der Waals surface area contributed by atoms with Crippen LogP contribution in [-0.2, 0) is 28.5 Å². The van der Waals surface area contributed by atoms with E-state index in [2.05, 4.69) is 5.32 Å². The number of hydrogen-bond donors (Lipinski definition) is 10. The number of amides is 1. The van der Waals surface area contributed by atoms with Gasteiger partial charge < -0.3 is 75.0 Å². The second-order valence-corrected chi connectivity index (χ2v) is 9.09. The topological polar surface area (TPSA) is 257 Å². The molecule has 16 nitrogen and oxygen atoms in total. The van der Waals surface area contributed by atoms with Crippen LogP contribution in [-0.4, -0.2) is 157 Å². The largest absolute Gasteiger partial charge is 0.394 e. The van der Waals surface area contributed by atoms with Crippen LogP contribution < -0.4 is 5.32 Å². The van der Waals surface area contributed by atoms with Gasteiger partial charge in [0.25, 0.3) is 0 Å². The third-order valence-electron chi connectivity index (χ3n) is 6.44. The highest BCUT2D eigenvalue weighted by Crippen LogP contribution is 2.30. The molecule has 0 aromatic heterocycles. The maximum absolute atomic E-state index is 11.7. The number of rotatable bonds is 7. The van der Waals surface area contributed by atoms with Gasteiger partial charge in [0.15, 0.2) is 18.9 Å². The fourth-order valence-electron chi connectivity index (χ4n) is 4.30. The summed E-state index contributed by atoms with van der Waals surface area (Å²) >= 11 is 0. The molecular weight excluding hydrogens is 494 g/mol. The zero-order valence-corrected chi connectivity index (χ0v) is 19.5. The second-order valence-electron chi connectivity index (χ2n) is 9.09. The van der Waals surface area contributed by atoms with Crippen molar-refractivity contribution in [3.8, 4) is 0 Å². The molecule has 10 N–H and O–H groups in total. The lowest BCUT2D eigenvalue weighted by Crippen LogP contribution is -2.68. The van der Waals surface area contributed by atoms with Crippen molar-refractivity contribution in [2.45, 2.75) is 106 Å². The molecule has 0 aromatic carbocycles. The van der Waals surface area contributed by atoms with Crippen molar-refractivity contribution >= 4 is 5.91 Å². The molecular formula is C20H35NO15. The standard InChI is InChI=1S/C20H35NO15/c1-5-10(24)13(27)15(29)19(33-5)32-4-8-12(26)17(9(18(31)34-8)21-6(2)23)36-20-16(30)14(28)11(25)7(3-22)35-20/h5,7-20,22,24-31H,3-4H2,1-2H3,(H,21,23)/t5-,7+,8+,9+,10+,11-,12+,13+,14-,15-,16+,17+,18+,19+,20-/m0/s1. The monoisotopic (exact) mass is 529 g/mol. The van der Waals surface area contributed by atoms with Crippen LogP contribution in [0, 0.1) is 0 Å². The average molecular weight is 529 g/mol. The van der Waals surface area contributed by atoms with Crippen molar-refractivity contribution in [1.82, 2.24) is 5.32 Å². The van der Waals surface area contributed by atoms with Gasteiger partial charge >= 0.3 is 0 Å². The molecule has 0 unspecified atom stereocenters. The molecule has 3 aliphatic rings. The molecule has 36 heavy (non-hydrogen) atoms. The predicted octanol–water partition coefficient (Wildman–Crippen LogP) is -6.40. The quantitative estimate of drug-likeness (QED) is 0.147. The summed E-state index contributed by atoms with van der Waals surface area (Å²) in [6, 6.07) is -1.39. The van der Waals surface area contributed by atoms with Gasteiger partial charge in [0.1, 0.15) is 67.1 Å². The van der Waals surface area contributed by atoms with Crippen molar-refractivity contribution in [2.24, 2.45) is 0 Å². The van der Waals surface area contributed by atoms with Gasteiger partial charge in [-0.15, -0.1) is 0 Å². The van der Waals surface area contributed by atoms with Crippen LogP contribution in [0.15, 0.2) is 0 Å². The van der Waals surface area contributed by atoms with Crippen molar-refractivity contribution in [3.05, 3.63) is 0 Å². The predicted molar refractivity (Wildman–Crippen MR) is 111 cm³/mol. The maximum Gasteiger partial charge on any atom is 0.217 e. The first-order chi connectivity index (χ1) is 16.9. The van der Waals surface area contributed by atoms with E-state index in [1.54, 1.807) is 0 Å². The lowest BCUT2D eigenvalue weighted by atomic mass is 9.95. The first-order valence-corrected chi connectivity index (χ1v) is 11.4. The number of ether oxygens (including phenoxy) is 5. The Morgan fingerprint density at radius 1 is 0.778 bits per heavy atom.